The first kappa shape index (κ1) is 26.8. The second-order valence-corrected chi connectivity index (χ2v) is 9.27. The first-order valence-corrected chi connectivity index (χ1v) is 12.8. The molecule has 206 valence electrons. The van der Waals surface area contributed by atoms with Crippen LogP contribution in [0.15, 0.2) is 66.9 Å². The molecule has 0 bridgehead atoms. The predicted octanol–water partition coefficient (Wildman–Crippen LogP) is 4.75. The fourth-order valence-electron chi connectivity index (χ4n) is 4.88. The van der Waals surface area contributed by atoms with E-state index in [0.717, 1.165) is 22.2 Å². The molecule has 5 rings (SSSR count). The van der Waals surface area contributed by atoms with Crippen LogP contribution in [0.25, 0.3) is 33.1 Å². The first-order valence-electron chi connectivity index (χ1n) is 12.8. The number of benzene rings is 3. The molecule has 3 aromatic carbocycles. The predicted molar refractivity (Wildman–Crippen MR) is 154 cm³/mol. The summed E-state index contributed by atoms with van der Waals surface area (Å²) in [5.41, 5.74) is 4.27. The molecular weight excluding hydrogens is 510 g/mol. The number of pyridine rings is 1. The number of H-pyrrole nitrogens is 1. The molecule has 0 radical (unpaired) electrons. The van der Waals surface area contributed by atoms with Crippen LogP contribution in [0.4, 0.5) is 0 Å². The van der Waals surface area contributed by atoms with Gasteiger partial charge in [-0.2, -0.15) is 0 Å². The lowest BCUT2D eigenvalue weighted by atomic mass is 10.0. The maximum absolute atomic E-state index is 13.7. The third-order valence-electron chi connectivity index (χ3n) is 6.92. The average Bonchev–Trinajstić information content (AvgIpc) is 3.40. The SMILES string of the molecule is COc1ccc2[nH]cc(C[C@H](CO)NC(=O)c3cc(-c4cc(OC)c(OC)c(OC)c4)nc4ccccc34)c2c1. The number of para-hydroxylation sites is 1. The summed E-state index contributed by atoms with van der Waals surface area (Å²) in [6.45, 7) is -0.231. The average molecular weight is 542 g/mol. The number of aromatic nitrogens is 2. The molecular formula is C31H31N3O6. The van der Waals surface area contributed by atoms with Crippen LogP contribution in [0.3, 0.4) is 0 Å². The van der Waals surface area contributed by atoms with E-state index >= 15 is 0 Å². The van der Waals surface area contributed by atoms with Gasteiger partial charge in [-0.05, 0) is 54.4 Å². The molecule has 9 nitrogen and oxygen atoms in total. The number of carbonyl (C=O) groups excluding carboxylic acids is 1. The minimum atomic E-state index is -0.519. The lowest BCUT2D eigenvalue weighted by Gasteiger charge is -2.18. The zero-order valence-electron chi connectivity index (χ0n) is 22.8. The van der Waals surface area contributed by atoms with Crippen LogP contribution in [0.2, 0.25) is 0 Å². The van der Waals surface area contributed by atoms with E-state index in [0.29, 0.717) is 51.4 Å². The van der Waals surface area contributed by atoms with Crippen LogP contribution in [-0.2, 0) is 6.42 Å². The fraction of sp³-hybridized carbons (Fsp3) is 0.226. The molecule has 1 amide bonds. The van der Waals surface area contributed by atoms with Gasteiger partial charge in [0.2, 0.25) is 5.75 Å². The first-order chi connectivity index (χ1) is 19.5. The molecule has 0 aliphatic heterocycles. The molecule has 9 heteroatoms. The van der Waals surface area contributed by atoms with Crippen LogP contribution in [0.1, 0.15) is 15.9 Å². The molecule has 40 heavy (non-hydrogen) atoms. The highest BCUT2D eigenvalue weighted by atomic mass is 16.5. The molecule has 2 heterocycles. The van der Waals surface area contributed by atoms with E-state index in [4.69, 9.17) is 23.9 Å². The van der Waals surface area contributed by atoms with Crippen LogP contribution >= 0.6 is 0 Å². The number of aliphatic hydroxyl groups is 1. The van der Waals surface area contributed by atoms with Gasteiger partial charge < -0.3 is 34.4 Å². The molecule has 0 aliphatic carbocycles. The summed E-state index contributed by atoms with van der Waals surface area (Å²) in [5, 5.41) is 14.9. The van der Waals surface area contributed by atoms with Crippen LogP contribution < -0.4 is 24.3 Å². The van der Waals surface area contributed by atoms with E-state index in [1.54, 1.807) is 46.6 Å². The molecule has 2 aromatic heterocycles. The molecule has 0 aliphatic rings. The lowest BCUT2D eigenvalue weighted by molar-refractivity contribution is 0.0918. The van der Waals surface area contributed by atoms with E-state index in [-0.39, 0.29) is 12.5 Å². The summed E-state index contributed by atoms with van der Waals surface area (Å²) in [5.74, 6) is 1.85. The summed E-state index contributed by atoms with van der Waals surface area (Å²) < 4.78 is 21.9. The Kier molecular flexibility index (Phi) is 7.75. The van der Waals surface area contributed by atoms with Gasteiger partial charge in [0.25, 0.3) is 5.91 Å². The Morgan fingerprint density at radius 2 is 1.68 bits per heavy atom. The second-order valence-electron chi connectivity index (χ2n) is 9.27. The normalized spacial score (nSPS) is 11.8. The number of methoxy groups -OCH3 is 4. The molecule has 1 atom stereocenters. The van der Waals surface area contributed by atoms with E-state index < -0.39 is 6.04 Å². The molecule has 0 fully saturated rings. The van der Waals surface area contributed by atoms with E-state index in [2.05, 4.69) is 10.3 Å². The second kappa shape index (κ2) is 11.5. The summed E-state index contributed by atoms with van der Waals surface area (Å²) in [4.78, 5) is 21.8. The number of aromatic amines is 1. The summed E-state index contributed by atoms with van der Waals surface area (Å²) in [6.07, 6.45) is 2.32. The highest BCUT2D eigenvalue weighted by molar-refractivity contribution is 6.07. The van der Waals surface area contributed by atoms with Crippen LogP contribution in [-0.4, -0.2) is 62.1 Å². The van der Waals surface area contributed by atoms with Crippen molar-refractivity contribution in [2.75, 3.05) is 35.0 Å². The van der Waals surface area contributed by atoms with Crippen molar-refractivity contribution in [1.29, 1.82) is 0 Å². The zero-order valence-corrected chi connectivity index (χ0v) is 22.8. The van der Waals surface area contributed by atoms with Gasteiger partial charge in [-0.25, -0.2) is 4.98 Å². The smallest absolute Gasteiger partial charge is 0.252 e. The van der Waals surface area contributed by atoms with Crippen molar-refractivity contribution in [3.05, 3.63) is 78.0 Å². The van der Waals surface area contributed by atoms with Gasteiger partial charge in [-0.3, -0.25) is 4.79 Å². The Bertz CT molecular complexity index is 1650. The minimum absolute atomic E-state index is 0.231. The maximum atomic E-state index is 13.7. The van der Waals surface area contributed by atoms with Gasteiger partial charge in [-0.1, -0.05) is 18.2 Å². The lowest BCUT2D eigenvalue weighted by Crippen LogP contribution is -2.39. The third-order valence-corrected chi connectivity index (χ3v) is 6.92. The quantitative estimate of drug-likeness (QED) is 0.234. The standard InChI is InChI=1S/C31H31N3O6/c1-37-21-9-10-25-23(14-21)19(16-32-25)11-20(17-35)33-31(36)24-15-27(34-26-8-6-5-7-22(24)26)18-12-28(38-2)30(40-4)29(13-18)39-3/h5-10,12-16,20,32,35H,11,17H2,1-4H3,(H,33,36)/t20-/m1/s1. The van der Waals surface area contributed by atoms with Crippen molar-refractivity contribution in [1.82, 2.24) is 15.3 Å². The molecule has 0 saturated heterocycles. The van der Waals surface area contributed by atoms with Crippen molar-refractivity contribution in [3.63, 3.8) is 0 Å². The molecule has 0 saturated carbocycles. The fourth-order valence-corrected chi connectivity index (χ4v) is 4.88. The highest BCUT2D eigenvalue weighted by Gasteiger charge is 2.21. The monoisotopic (exact) mass is 541 g/mol. The number of fused-ring (bicyclic) bond motifs is 2. The number of nitrogens with zero attached hydrogens (tertiary/aromatic N) is 1. The number of hydrogen-bond acceptors (Lipinski definition) is 7. The molecule has 0 unspecified atom stereocenters. The Morgan fingerprint density at radius 3 is 2.35 bits per heavy atom. The number of amides is 1. The van der Waals surface area contributed by atoms with Gasteiger partial charge in [0.15, 0.2) is 11.5 Å². The number of nitrogens with one attached hydrogen (secondary N) is 2. The van der Waals surface area contributed by atoms with Gasteiger partial charge in [0.1, 0.15) is 5.75 Å². The van der Waals surface area contributed by atoms with Crippen LogP contribution in [0, 0.1) is 0 Å². The van der Waals surface area contributed by atoms with E-state index in [1.807, 2.05) is 48.7 Å². The Labute approximate surface area is 231 Å². The molecule has 5 aromatic rings. The Morgan fingerprint density at radius 1 is 0.925 bits per heavy atom. The summed E-state index contributed by atoms with van der Waals surface area (Å²) >= 11 is 0. The zero-order chi connectivity index (χ0) is 28.2. The number of ether oxygens (including phenoxy) is 4. The molecule has 3 N–H and O–H groups in total. The van der Waals surface area contributed by atoms with E-state index in [1.165, 1.54) is 0 Å². The largest absolute Gasteiger partial charge is 0.497 e. The number of carbonyl (C=O) groups is 1. The van der Waals surface area contributed by atoms with E-state index in [9.17, 15) is 9.90 Å². The van der Waals surface area contributed by atoms with Crippen molar-refractivity contribution in [3.8, 4) is 34.3 Å². The highest BCUT2D eigenvalue weighted by Crippen LogP contribution is 2.41. The van der Waals surface area contributed by atoms with Crippen molar-refractivity contribution in [2.45, 2.75) is 12.5 Å². The van der Waals surface area contributed by atoms with Crippen molar-refractivity contribution < 1.29 is 28.8 Å². The molecule has 0 spiro atoms. The third kappa shape index (κ3) is 5.11. The topological polar surface area (TPSA) is 115 Å². The van der Waals surface area contributed by atoms with Gasteiger partial charge in [0.05, 0.1) is 57.9 Å². The number of rotatable bonds is 10. The van der Waals surface area contributed by atoms with Crippen LogP contribution in [0.5, 0.6) is 23.0 Å². The van der Waals surface area contributed by atoms with Gasteiger partial charge >= 0.3 is 0 Å². The number of hydrogen-bond donors (Lipinski definition) is 3. The summed E-state index contributed by atoms with van der Waals surface area (Å²) in [7, 11) is 6.26. The number of aliphatic hydroxyl groups excluding tert-OH is 1. The Hall–Kier alpha value is -4.76. The van der Waals surface area contributed by atoms with Crippen molar-refractivity contribution in [2.24, 2.45) is 0 Å². The van der Waals surface area contributed by atoms with Crippen molar-refractivity contribution >= 4 is 27.7 Å². The van der Waals surface area contributed by atoms with Gasteiger partial charge in [0, 0.05) is 28.0 Å². The van der Waals surface area contributed by atoms with Gasteiger partial charge in [-0.15, -0.1) is 0 Å². The minimum Gasteiger partial charge on any atom is -0.497 e. The Balaban J connectivity index is 1.50. The summed E-state index contributed by atoms with van der Waals surface area (Å²) in [6, 6.07) is 18.0. The maximum Gasteiger partial charge on any atom is 0.252 e.